The summed E-state index contributed by atoms with van der Waals surface area (Å²) >= 11 is 0. The molecule has 3 aromatic rings. The van der Waals surface area contributed by atoms with Crippen molar-refractivity contribution < 1.29 is 13.6 Å². The van der Waals surface area contributed by atoms with E-state index in [9.17, 15) is 13.6 Å². The van der Waals surface area contributed by atoms with E-state index in [1.165, 1.54) is 6.07 Å². The van der Waals surface area contributed by atoms with E-state index in [1.807, 2.05) is 12.1 Å². The molecule has 4 rings (SSSR count). The van der Waals surface area contributed by atoms with E-state index in [2.05, 4.69) is 15.3 Å². The summed E-state index contributed by atoms with van der Waals surface area (Å²) in [6, 6.07) is 7.66. The average molecular weight is 398 g/mol. The minimum absolute atomic E-state index is 0.189. The Balaban J connectivity index is 1.31. The number of urea groups is 1. The van der Waals surface area contributed by atoms with Gasteiger partial charge in [0.25, 0.3) is 0 Å². The topological polar surface area (TPSA) is 66.3 Å². The van der Waals surface area contributed by atoms with Gasteiger partial charge in [-0.25, -0.2) is 23.5 Å². The van der Waals surface area contributed by atoms with Crippen LogP contribution in [0.25, 0.3) is 5.82 Å². The second kappa shape index (κ2) is 8.26. The van der Waals surface area contributed by atoms with Gasteiger partial charge >= 0.3 is 6.03 Å². The number of nitrogens with one attached hydrogen (secondary N) is 1. The summed E-state index contributed by atoms with van der Waals surface area (Å²) in [6.45, 7) is 2.10. The molecule has 1 aromatic carbocycles. The number of amides is 2. The Morgan fingerprint density at radius 3 is 2.69 bits per heavy atom. The fourth-order valence-corrected chi connectivity index (χ4v) is 3.28. The molecule has 0 atom stereocenters. The van der Waals surface area contributed by atoms with Crippen LogP contribution in [0.2, 0.25) is 0 Å². The van der Waals surface area contributed by atoms with Gasteiger partial charge in [0.2, 0.25) is 0 Å². The number of piperazine rings is 1. The zero-order valence-corrected chi connectivity index (χ0v) is 15.6. The molecular formula is C20H20F2N6O. The quantitative estimate of drug-likeness (QED) is 0.734. The molecule has 2 amide bonds. The number of carbonyl (C=O) groups is 1. The van der Waals surface area contributed by atoms with Gasteiger partial charge in [0.15, 0.2) is 11.6 Å². The highest BCUT2D eigenvalue weighted by Gasteiger charge is 2.23. The van der Waals surface area contributed by atoms with Crippen molar-refractivity contribution in [2.75, 3.05) is 31.1 Å². The van der Waals surface area contributed by atoms with Crippen molar-refractivity contribution >= 4 is 11.7 Å². The van der Waals surface area contributed by atoms with Gasteiger partial charge in [0, 0.05) is 51.3 Å². The highest BCUT2D eigenvalue weighted by Crippen LogP contribution is 2.22. The zero-order valence-electron chi connectivity index (χ0n) is 15.6. The molecule has 1 N–H and O–H groups in total. The molecule has 29 heavy (non-hydrogen) atoms. The van der Waals surface area contributed by atoms with Crippen molar-refractivity contribution in [3.63, 3.8) is 0 Å². The maximum atomic E-state index is 14.0. The third kappa shape index (κ3) is 4.18. The summed E-state index contributed by atoms with van der Waals surface area (Å²) < 4.78 is 29.2. The molecule has 0 spiro atoms. The van der Waals surface area contributed by atoms with Gasteiger partial charge in [-0.05, 0) is 29.8 Å². The fourth-order valence-electron chi connectivity index (χ4n) is 3.28. The lowest BCUT2D eigenvalue weighted by atomic mass is 10.2. The molecule has 0 bridgehead atoms. The lowest BCUT2D eigenvalue weighted by Gasteiger charge is -2.36. The first kappa shape index (κ1) is 18.9. The van der Waals surface area contributed by atoms with Crippen LogP contribution < -0.4 is 10.2 Å². The number of pyridine rings is 1. The molecule has 7 nitrogen and oxygen atoms in total. The molecule has 1 fully saturated rings. The highest BCUT2D eigenvalue weighted by molar-refractivity contribution is 5.74. The van der Waals surface area contributed by atoms with E-state index in [0.717, 1.165) is 17.4 Å². The van der Waals surface area contributed by atoms with E-state index in [1.54, 1.807) is 45.4 Å². The molecule has 9 heteroatoms. The maximum Gasteiger partial charge on any atom is 0.317 e. The average Bonchev–Trinajstić information content (AvgIpc) is 3.29. The fraction of sp³-hybridized carbons (Fsp3) is 0.250. The molecule has 3 heterocycles. The molecule has 0 aliphatic carbocycles. The number of nitrogens with zero attached hydrogens (tertiary/aromatic N) is 5. The molecular weight excluding hydrogens is 378 g/mol. The van der Waals surface area contributed by atoms with E-state index in [0.29, 0.717) is 32.7 Å². The van der Waals surface area contributed by atoms with Crippen LogP contribution >= 0.6 is 0 Å². The number of anilines is 1. The Kier molecular flexibility index (Phi) is 5.37. The summed E-state index contributed by atoms with van der Waals surface area (Å²) in [5.41, 5.74) is 1.14. The van der Waals surface area contributed by atoms with Crippen molar-refractivity contribution in [2.45, 2.75) is 6.54 Å². The minimum Gasteiger partial charge on any atom is -0.366 e. The van der Waals surface area contributed by atoms with Crippen LogP contribution in [0.15, 0.2) is 55.2 Å². The molecule has 1 aliphatic heterocycles. The van der Waals surface area contributed by atoms with Crippen LogP contribution in [0.4, 0.5) is 19.3 Å². The van der Waals surface area contributed by atoms with Gasteiger partial charge < -0.3 is 15.1 Å². The largest absolute Gasteiger partial charge is 0.366 e. The molecule has 1 aliphatic rings. The number of imidazole rings is 1. The Hall–Kier alpha value is -3.49. The summed E-state index contributed by atoms with van der Waals surface area (Å²) in [6.07, 6.45) is 6.81. The summed E-state index contributed by atoms with van der Waals surface area (Å²) in [5, 5.41) is 2.90. The van der Waals surface area contributed by atoms with Crippen LogP contribution in [0, 0.1) is 11.6 Å². The number of hydrogen-bond acceptors (Lipinski definition) is 4. The lowest BCUT2D eigenvalue weighted by molar-refractivity contribution is 0.194. The number of halogens is 2. The molecule has 150 valence electrons. The maximum absolute atomic E-state index is 14.0. The number of carbonyl (C=O) groups excluding carboxylic acids is 1. The Morgan fingerprint density at radius 1 is 1.10 bits per heavy atom. The number of hydrogen-bond donors (Lipinski definition) is 1. The summed E-state index contributed by atoms with van der Waals surface area (Å²) in [4.78, 5) is 24.2. The van der Waals surface area contributed by atoms with Crippen LogP contribution in [0.3, 0.4) is 0 Å². The van der Waals surface area contributed by atoms with Crippen LogP contribution in [-0.4, -0.2) is 51.6 Å². The highest BCUT2D eigenvalue weighted by atomic mass is 19.2. The van der Waals surface area contributed by atoms with Crippen molar-refractivity contribution in [2.24, 2.45) is 0 Å². The van der Waals surface area contributed by atoms with Crippen molar-refractivity contribution in [3.05, 3.63) is 72.4 Å². The first-order chi connectivity index (χ1) is 14.1. The Morgan fingerprint density at radius 2 is 1.93 bits per heavy atom. The van der Waals surface area contributed by atoms with E-state index >= 15 is 0 Å². The van der Waals surface area contributed by atoms with Crippen molar-refractivity contribution in [3.8, 4) is 5.82 Å². The molecule has 1 saturated heterocycles. The monoisotopic (exact) mass is 398 g/mol. The Bertz CT molecular complexity index is 986. The van der Waals surface area contributed by atoms with Gasteiger partial charge in [0.1, 0.15) is 12.1 Å². The predicted molar refractivity (Wildman–Crippen MR) is 104 cm³/mol. The second-order valence-electron chi connectivity index (χ2n) is 6.70. The summed E-state index contributed by atoms with van der Waals surface area (Å²) in [5.74, 6) is -0.994. The van der Waals surface area contributed by atoms with Crippen molar-refractivity contribution in [1.29, 1.82) is 0 Å². The Labute approximate surface area is 166 Å². The standard InChI is InChI=1S/C20H20F2N6O/c21-16-2-1-3-17(19(16)22)26-8-10-27(11-9-26)20(29)25-13-15-4-5-24-18(12-15)28-7-6-23-14-28/h1-7,12,14H,8-11,13H2,(H,25,29). The van der Waals surface area contributed by atoms with Gasteiger partial charge in [-0.3, -0.25) is 4.57 Å². The molecule has 0 unspecified atom stereocenters. The van der Waals surface area contributed by atoms with E-state index in [4.69, 9.17) is 0 Å². The zero-order chi connectivity index (χ0) is 20.2. The SMILES string of the molecule is O=C(NCc1ccnc(-n2ccnc2)c1)N1CCN(c2cccc(F)c2F)CC1. The smallest absolute Gasteiger partial charge is 0.317 e. The van der Waals surface area contributed by atoms with Gasteiger partial charge in [0.05, 0.1) is 5.69 Å². The van der Waals surface area contributed by atoms with E-state index in [-0.39, 0.29) is 11.7 Å². The predicted octanol–water partition coefficient (Wildman–Crippen LogP) is 2.58. The molecule has 2 aromatic heterocycles. The van der Waals surface area contributed by atoms with Crippen LogP contribution in [0.5, 0.6) is 0 Å². The second-order valence-corrected chi connectivity index (χ2v) is 6.70. The number of benzene rings is 1. The summed E-state index contributed by atoms with van der Waals surface area (Å²) in [7, 11) is 0. The minimum atomic E-state index is -0.866. The third-order valence-electron chi connectivity index (χ3n) is 4.86. The van der Waals surface area contributed by atoms with Gasteiger partial charge in [-0.15, -0.1) is 0 Å². The van der Waals surface area contributed by atoms with Crippen molar-refractivity contribution in [1.82, 2.24) is 24.8 Å². The van der Waals surface area contributed by atoms with Crippen LogP contribution in [-0.2, 0) is 6.54 Å². The molecule has 0 saturated carbocycles. The number of rotatable bonds is 4. The van der Waals surface area contributed by atoms with Crippen LogP contribution in [0.1, 0.15) is 5.56 Å². The first-order valence-corrected chi connectivity index (χ1v) is 9.27. The number of aromatic nitrogens is 3. The lowest BCUT2D eigenvalue weighted by Crippen LogP contribution is -2.52. The van der Waals surface area contributed by atoms with Gasteiger partial charge in [-0.1, -0.05) is 6.07 Å². The third-order valence-corrected chi connectivity index (χ3v) is 4.86. The van der Waals surface area contributed by atoms with E-state index < -0.39 is 11.6 Å². The first-order valence-electron chi connectivity index (χ1n) is 9.27. The normalized spacial score (nSPS) is 14.1. The molecule has 0 radical (unpaired) electrons. The van der Waals surface area contributed by atoms with Gasteiger partial charge in [-0.2, -0.15) is 0 Å².